The monoisotopic (exact) mass is 358 g/mol. The Morgan fingerprint density at radius 2 is 2.08 bits per heavy atom. The molecule has 3 N–H and O–H groups in total. The van der Waals surface area contributed by atoms with E-state index in [1.54, 1.807) is 12.5 Å². The fourth-order valence-corrected chi connectivity index (χ4v) is 2.53. The number of aromatic nitrogens is 3. The molecule has 0 spiro atoms. The van der Waals surface area contributed by atoms with Crippen LogP contribution < -0.4 is 5.32 Å². The van der Waals surface area contributed by atoms with Crippen LogP contribution in [0.2, 0.25) is 0 Å². The number of guanidine groups is 1. The van der Waals surface area contributed by atoms with Crippen LogP contribution in [0, 0.1) is 5.41 Å². The Kier molecular flexibility index (Phi) is 8.11. The highest BCUT2D eigenvalue weighted by molar-refractivity contribution is 5.92. The molecule has 0 saturated heterocycles. The fourth-order valence-electron chi connectivity index (χ4n) is 2.53. The topological polar surface area (TPSA) is 107 Å². The van der Waals surface area contributed by atoms with Crippen LogP contribution >= 0.6 is 0 Å². The molecule has 0 aliphatic carbocycles. The Morgan fingerprint density at radius 3 is 2.77 bits per heavy atom. The molecule has 0 aromatic carbocycles. The normalized spacial score (nSPS) is 10.3. The zero-order valence-electron chi connectivity index (χ0n) is 15.1. The van der Waals surface area contributed by atoms with Crippen LogP contribution in [-0.2, 0) is 17.6 Å². The van der Waals surface area contributed by atoms with Crippen molar-refractivity contribution in [2.75, 3.05) is 20.2 Å². The first-order valence-corrected chi connectivity index (χ1v) is 8.76. The summed E-state index contributed by atoms with van der Waals surface area (Å²) in [4.78, 5) is 24.6. The third-order valence-electron chi connectivity index (χ3n) is 3.91. The summed E-state index contributed by atoms with van der Waals surface area (Å²) in [6.07, 6.45) is 8.89. The number of nitrogens with one attached hydrogen (secondary N) is 3. The summed E-state index contributed by atoms with van der Waals surface area (Å²) in [5.74, 6) is 0.0664. The number of unbranched alkanes of at least 4 members (excludes halogenated alkanes) is 1. The minimum Gasteiger partial charge on any atom is -0.452 e. The van der Waals surface area contributed by atoms with Gasteiger partial charge in [-0.15, -0.1) is 0 Å². The Labute approximate surface area is 153 Å². The maximum absolute atomic E-state index is 11.9. The van der Waals surface area contributed by atoms with Gasteiger partial charge in [-0.3, -0.25) is 10.4 Å². The second-order valence-electron chi connectivity index (χ2n) is 5.84. The van der Waals surface area contributed by atoms with Crippen molar-refractivity contribution in [1.29, 1.82) is 5.41 Å². The first-order valence-electron chi connectivity index (χ1n) is 8.76. The number of nitrogens with zero attached hydrogens (tertiary/aromatic N) is 3. The predicted molar refractivity (Wildman–Crippen MR) is 98.9 cm³/mol. The molecule has 1 amide bonds. The van der Waals surface area contributed by atoms with Crippen molar-refractivity contribution >= 4 is 12.1 Å². The summed E-state index contributed by atoms with van der Waals surface area (Å²) in [6, 6.07) is 5.84. The van der Waals surface area contributed by atoms with Crippen LogP contribution in [0.5, 0.6) is 0 Å². The van der Waals surface area contributed by atoms with Gasteiger partial charge >= 0.3 is 6.09 Å². The van der Waals surface area contributed by atoms with Crippen molar-refractivity contribution in [3.05, 3.63) is 48.3 Å². The molecule has 8 heteroatoms. The number of H-pyrrole nitrogens is 1. The average molecular weight is 358 g/mol. The zero-order chi connectivity index (χ0) is 18.6. The Bertz CT molecular complexity index is 660. The van der Waals surface area contributed by atoms with Crippen molar-refractivity contribution in [2.24, 2.45) is 0 Å². The van der Waals surface area contributed by atoms with Crippen molar-refractivity contribution in [2.45, 2.75) is 32.1 Å². The van der Waals surface area contributed by atoms with E-state index >= 15 is 0 Å². The second-order valence-corrected chi connectivity index (χ2v) is 5.84. The molecule has 2 rings (SSSR count). The van der Waals surface area contributed by atoms with Crippen LogP contribution in [0.4, 0.5) is 4.79 Å². The number of pyridine rings is 1. The summed E-state index contributed by atoms with van der Waals surface area (Å²) >= 11 is 0. The van der Waals surface area contributed by atoms with E-state index in [1.165, 1.54) is 12.0 Å². The molecular formula is C18H26N6O2. The zero-order valence-corrected chi connectivity index (χ0v) is 15.1. The van der Waals surface area contributed by atoms with E-state index in [0.717, 1.165) is 43.5 Å². The third-order valence-corrected chi connectivity index (χ3v) is 3.91. The first kappa shape index (κ1) is 19.4. The van der Waals surface area contributed by atoms with Gasteiger partial charge in [-0.05, 0) is 44.2 Å². The minimum absolute atomic E-state index is 0.0664. The van der Waals surface area contributed by atoms with Crippen LogP contribution in [0.3, 0.4) is 0 Å². The smallest absolute Gasteiger partial charge is 0.416 e. The summed E-state index contributed by atoms with van der Waals surface area (Å²) in [7, 11) is 1.33. The number of aryl methyl sites for hydroxylation is 2. The van der Waals surface area contributed by atoms with Gasteiger partial charge in [-0.25, -0.2) is 14.7 Å². The van der Waals surface area contributed by atoms with Gasteiger partial charge in [0.2, 0.25) is 5.96 Å². The minimum atomic E-state index is -0.521. The Balaban J connectivity index is 1.70. The Morgan fingerprint density at radius 1 is 1.23 bits per heavy atom. The number of methoxy groups -OCH3 is 1. The van der Waals surface area contributed by atoms with Gasteiger partial charge in [0.05, 0.1) is 19.1 Å². The first-order chi connectivity index (χ1) is 12.7. The third kappa shape index (κ3) is 6.54. The molecule has 2 heterocycles. The van der Waals surface area contributed by atoms with E-state index in [-0.39, 0.29) is 5.96 Å². The molecular weight excluding hydrogens is 332 g/mol. The van der Waals surface area contributed by atoms with E-state index < -0.39 is 6.09 Å². The lowest BCUT2D eigenvalue weighted by molar-refractivity contribution is 0.144. The van der Waals surface area contributed by atoms with Crippen molar-refractivity contribution in [3.8, 4) is 0 Å². The maximum atomic E-state index is 11.9. The van der Waals surface area contributed by atoms with E-state index in [0.29, 0.717) is 13.1 Å². The second kappa shape index (κ2) is 10.9. The van der Waals surface area contributed by atoms with Crippen LogP contribution in [0.1, 0.15) is 30.7 Å². The van der Waals surface area contributed by atoms with Crippen molar-refractivity contribution in [1.82, 2.24) is 25.2 Å². The molecule has 8 nitrogen and oxygen atoms in total. The number of rotatable bonds is 9. The SMILES string of the molecule is COC(=O)N(CCCCc1ccccn1)C(=N)NCCCc1c[nH]cn1. The molecule has 26 heavy (non-hydrogen) atoms. The van der Waals surface area contributed by atoms with Crippen molar-refractivity contribution in [3.63, 3.8) is 0 Å². The van der Waals surface area contributed by atoms with Gasteiger partial charge in [0, 0.05) is 31.2 Å². The quantitative estimate of drug-likeness (QED) is 0.362. The molecule has 0 aliphatic heterocycles. The van der Waals surface area contributed by atoms with E-state index in [1.807, 2.05) is 24.4 Å². The van der Waals surface area contributed by atoms with Gasteiger partial charge in [-0.1, -0.05) is 6.07 Å². The molecule has 140 valence electrons. The number of carbonyl (C=O) groups excluding carboxylic acids is 1. The van der Waals surface area contributed by atoms with Gasteiger partial charge < -0.3 is 15.0 Å². The summed E-state index contributed by atoms with van der Waals surface area (Å²) in [6.45, 7) is 1.03. The number of amides is 1. The Hall–Kier alpha value is -2.90. The molecule has 0 aliphatic rings. The predicted octanol–water partition coefficient (Wildman–Crippen LogP) is 2.35. The average Bonchev–Trinajstić information content (AvgIpc) is 3.19. The van der Waals surface area contributed by atoms with Gasteiger partial charge in [0.15, 0.2) is 0 Å². The lowest BCUT2D eigenvalue weighted by Gasteiger charge is -2.22. The molecule has 0 unspecified atom stereocenters. The highest BCUT2D eigenvalue weighted by Crippen LogP contribution is 2.04. The van der Waals surface area contributed by atoms with Gasteiger partial charge in [0.1, 0.15) is 0 Å². The molecule has 0 radical (unpaired) electrons. The largest absolute Gasteiger partial charge is 0.452 e. The van der Waals surface area contributed by atoms with E-state index in [4.69, 9.17) is 10.1 Å². The summed E-state index contributed by atoms with van der Waals surface area (Å²) in [5.41, 5.74) is 2.02. The number of hydrogen-bond donors (Lipinski definition) is 3. The number of hydrogen-bond acceptors (Lipinski definition) is 5. The van der Waals surface area contributed by atoms with E-state index in [9.17, 15) is 4.79 Å². The number of imidazole rings is 1. The lowest BCUT2D eigenvalue weighted by Crippen LogP contribution is -2.45. The number of aromatic amines is 1. The molecule has 0 atom stereocenters. The van der Waals surface area contributed by atoms with Gasteiger partial charge in [-0.2, -0.15) is 0 Å². The standard InChI is InChI=1S/C18H26N6O2/c1-26-18(25)24(12-5-3-8-15-7-2-4-10-21-15)17(19)22-11-6-9-16-13-20-14-23-16/h2,4,7,10,13-14H,3,5-6,8-9,11-12H2,1H3,(H2,19,22)(H,20,23). The van der Waals surface area contributed by atoms with Gasteiger partial charge in [0.25, 0.3) is 0 Å². The van der Waals surface area contributed by atoms with E-state index in [2.05, 4.69) is 20.3 Å². The molecule has 2 aromatic rings. The molecule has 0 saturated carbocycles. The fraction of sp³-hybridized carbons (Fsp3) is 0.444. The number of carbonyl (C=O) groups is 1. The number of ether oxygens (including phenoxy) is 1. The lowest BCUT2D eigenvalue weighted by atomic mass is 10.2. The summed E-state index contributed by atoms with van der Waals surface area (Å²) in [5, 5.41) is 11.1. The highest BCUT2D eigenvalue weighted by Gasteiger charge is 2.18. The van der Waals surface area contributed by atoms with Crippen molar-refractivity contribution < 1.29 is 9.53 Å². The molecule has 0 fully saturated rings. The molecule has 2 aromatic heterocycles. The van der Waals surface area contributed by atoms with Crippen LogP contribution in [0.25, 0.3) is 0 Å². The molecule has 0 bridgehead atoms. The van der Waals surface area contributed by atoms with Crippen LogP contribution in [-0.4, -0.2) is 52.1 Å². The van der Waals surface area contributed by atoms with Crippen LogP contribution in [0.15, 0.2) is 36.9 Å². The maximum Gasteiger partial charge on any atom is 0.416 e. The summed E-state index contributed by atoms with van der Waals surface area (Å²) < 4.78 is 4.79. The highest BCUT2D eigenvalue weighted by atomic mass is 16.5.